The second kappa shape index (κ2) is 9.17. The van der Waals surface area contributed by atoms with Gasteiger partial charge in [-0.3, -0.25) is 9.59 Å². The van der Waals surface area contributed by atoms with Gasteiger partial charge in [-0.1, -0.05) is 23.7 Å². The molecule has 9 heteroatoms. The van der Waals surface area contributed by atoms with Gasteiger partial charge in [0, 0.05) is 22.2 Å². The molecule has 0 bridgehead atoms. The third-order valence-electron chi connectivity index (χ3n) is 5.63. The fourth-order valence-electron chi connectivity index (χ4n) is 3.66. The van der Waals surface area contributed by atoms with Crippen LogP contribution in [0.4, 0.5) is 13.2 Å². The Hall–Kier alpha value is -2.48. The first-order valence-corrected chi connectivity index (χ1v) is 10.9. The molecule has 4 rings (SSSR count). The highest BCUT2D eigenvalue weighted by Crippen LogP contribution is 2.48. The summed E-state index contributed by atoms with van der Waals surface area (Å²) in [5.41, 5.74) is 0.0569. The molecule has 0 atom stereocenters. The van der Waals surface area contributed by atoms with Crippen LogP contribution in [0.25, 0.3) is 11.1 Å². The summed E-state index contributed by atoms with van der Waals surface area (Å²) in [5, 5.41) is 3.42. The third kappa shape index (κ3) is 5.28. The summed E-state index contributed by atoms with van der Waals surface area (Å²) in [6.07, 6.45) is -1.56. The summed E-state index contributed by atoms with van der Waals surface area (Å²) in [6.45, 7) is 6.02. The smallest absolute Gasteiger partial charge is 0.431 e. The van der Waals surface area contributed by atoms with Gasteiger partial charge in [-0.15, -0.1) is 0 Å². The van der Waals surface area contributed by atoms with Crippen LogP contribution in [0.5, 0.6) is 0 Å². The van der Waals surface area contributed by atoms with Crippen molar-refractivity contribution in [1.82, 2.24) is 9.88 Å². The van der Waals surface area contributed by atoms with E-state index in [0.29, 0.717) is 42.1 Å². The van der Waals surface area contributed by atoms with E-state index >= 15 is 0 Å². The average molecular weight is 471 g/mol. The monoisotopic (exact) mass is 470 g/mol. The van der Waals surface area contributed by atoms with Crippen LogP contribution in [-0.2, 0) is 15.7 Å². The molecule has 1 aromatic carbocycles. The van der Waals surface area contributed by atoms with Crippen molar-refractivity contribution in [3.05, 3.63) is 46.2 Å². The number of amides is 1. The summed E-state index contributed by atoms with van der Waals surface area (Å²) < 4.78 is 47.1. The lowest BCUT2D eigenvalue weighted by Crippen LogP contribution is -2.36. The minimum absolute atomic E-state index is 0.0859. The molecule has 1 aromatic heterocycles. The summed E-state index contributed by atoms with van der Waals surface area (Å²) in [6, 6.07) is 6.30. The van der Waals surface area contributed by atoms with Crippen LogP contribution in [0, 0.1) is 6.92 Å². The van der Waals surface area contributed by atoms with E-state index < -0.39 is 17.8 Å². The standard InChI is InChI=1S/C20H20ClF3N2O.C3H6O2/c1-11-15(12-3-5-13(21)6-4-12)16(18(27)25-19(2)9-10-19)26(14-7-8-14)17(11)20(22,23)24;1-2-5-3-4/h3-6,14H,7-10H2,1-2H3,(H,25,27);3H,2H2,1H3. The van der Waals surface area contributed by atoms with Gasteiger partial charge in [-0.25, -0.2) is 0 Å². The molecular weight excluding hydrogens is 445 g/mol. The first-order valence-electron chi connectivity index (χ1n) is 10.5. The molecule has 1 N–H and O–H groups in total. The summed E-state index contributed by atoms with van der Waals surface area (Å²) >= 11 is 5.94. The van der Waals surface area contributed by atoms with E-state index in [1.807, 2.05) is 6.92 Å². The number of alkyl halides is 3. The Bertz CT molecular complexity index is 991. The lowest BCUT2D eigenvalue weighted by molar-refractivity contribution is -0.144. The summed E-state index contributed by atoms with van der Waals surface area (Å²) in [4.78, 5) is 22.3. The molecule has 2 aliphatic rings. The lowest BCUT2D eigenvalue weighted by Gasteiger charge is -2.17. The fraction of sp³-hybridized carbons (Fsp3) is 0.478. The van der Waals surface area contributed by atoms with Crippen molar-refractivity contribution >= 4 is 24.0 Å². The predicted octanol–water partition coefficient (Wildman–Crippen LogP) is 5.93. The quantitative estimate of drug-likeness (QED) is 0.532. The van der Waals surface area contributed by atoms with Gasteiger partial charge in [0.2, 0.25) is 0 Å². The Kier molecular flexibility index (Phi) is 6.93. The Morgan fingerprint density at radius 3 is 2.28 bits per heavy atom. The predicted molar refractivity (Wildman–Crippen MR) is 116 cm³/mol. The Labute approximate surface area is 189 Å². The van der Waals surface area contributed by atoms with Gasteiger partial charge >= 0.3 is 6.18 Å². The normalized spacial score (nSPS) is 16.6. The number of nitrogens with one attached hydrogen (secondary N) is 1. The number of ether oxygens (including phenoxy) is 1. The number of benzene rings is 1. The van der Waals surface area contributed by atoms with Gasteiger partial charge < -0.3 is 14.6 Å². The van der Waals surface area contributed by atoms with Crippen LogP contribution in [0.15, 0.2) is 24.3 Å². The topological polar surface area (TPSA) is 60.3 Å². The molecular formula is C23H26ClF3N2O3. The Morgan fingerprint density at radius 2 is 1.88 bits per heavy atom. The molecule has 5 nitrogen and oxygen atoms in total. The number of rotatable bonds is 6. The highest BCUT2D eigenvalue weighted by Gasteiger charge is 2.46. The van der Waals surface area contributed by atoms with Gasteiger partial charge in [0.05, 0.1) is 6.61 Å². The first-order chi connectivity index (χ1) is 15.0. The number of halogens is 4. The van der Waals surface area contributed by atoms with Crippen LogP contribution in [0.2, 0.25) is 5.02 Å². The zero-order chi connectivity index (χ0) is 23.7. The zero-order valence-electron chi connectivity index (χ0n) is 18.2. The van der Waals surface area contributed by atoms with E-state index in [9.17, 15) is 22.8 Å². The van der Waals surface area contributed by atoms with Crippen LogP contribution >= 0.6 is 11.6 Å². The fourth-order valence-corrected chi connectivity index (χ4v) is 3.79. The molecule has 1 amide bonds. The van der Waals surface area contributed by atoms with Crippen molar-refractivity contribution in [3.8, 4) is 11.1 Å². The van der Waals surface area contributed by atoms with Crippen LogP contribution in [-0.4, -0.2) is 29.1 Å². The van der Waals surface area contributed by atoms with E-state index in [-0.39, 0.29) is 22.8 Å². The van der Waals surface area contributed by atoms with Crippen LogP contribution in [0.1, 0.15) is 67.3 Å². The molecule has 1 heterocycles. The molecule has 0 spiro atoms. The van der Waals surface area contributed by atoms with Crippen molar-refractivity contribution in [2.24, 2.45) is 0 Å². The highest BCUT2D eigenvalue weighted by molar-refractivity contribution is 6.30. The maximum Gasteiger partial charge on any atom is 0.431 e. The SMILES string of the molecule is CCOC=O.Cc1c(-c2ccc(Cl)cc2)c(C(=O)NC2(C)CC2)n(C2CC2)c1C(F)(F)F. The minimum atomic E-state index is -4.53. The summed E-state index contributed by atoms with van der Waals surface area (Å²) in [5.74, 6) is -0.439. The van der Waals surface area contributed by atoms with Gasteiger partial charge in [0.15, 0.2) is 0 Å². The molecule has 2 aromatic rings. The van der Waals surface area contributed by atoms with Crippen molar-refractivity contribution in [3.63, 3.8) is 0 Å². The second-order valence-corrected chi connectivity index (χ2v) is 8.81. The number of carbonyl (C=O) groups is 2. The van der Waals surface area contributed by atoms with Gasteiger partial charge in [-0.05, 0) is 69.7 Å². The summed E-state index contributed by atoms with van der Waals surface area (Å²) in [7, 11) is 0. The number of aromatic nitrogens is 1. The van der Waals surface area contributed by atoms with Gasteiger partial charge in [0.25, 0.3) is 12.4 Å². The number of hydrogen-bond donors (Lipinski definition) is 1. The molecule has 0 radical (unpaired) electrons. The van der Waals surface area contributed by atoms with E-state index in [4.69, 9.17) is 11.6 Å². The highest BCUT2D eigenvalue weighted by atomic mass is 35.5. The molecule has 32 heavy (non-hydrogen) atoms. The van der Waals surface area contributed by atoms with Gasteiger partial charge in [0.1, 0.15) is 11.4 Å². The molecule has 0 saturated heterocycles. The molecule has 2 fully saturated rings. The van der Waals surface area contributed by atoms with Crippen LogP contribution in [0.3, 0.4) is 0 Å². The van der Waals surface area contributed by atoms with Crippen molar-refractivity contribution in [2.45, 2.75) is 64.2 Å². The van der Waals surface area contributed by atoms with E-state index in [0.717, 1.165) is 12.8 Å². The van der Waals surface area contributed by atoms with Crippen molar-refractivity contribution in [2.75, 3.05) is 6.61 Å². The first kappa shape index (κ1) is 24.2. The average Bonchev–Trinajstić information content (AvgIpc) is 3.63. The number of hydrogen-bond acceptors (Lipinski definition) is 3. The number of nitrogens with zero attached hydrogens (tertiary/aromatic N) is 1. The molecule has 174 valence electrons. The van der Waals surface area contributed by atoms with E-state index in [2.05, 4.69) is 10.1 Å². The van der Waals surface area contributed by atoms with Crippen molar-refractivity contribution < 1.29 is 27.5 Å². The van der Waals surface area contributed by atoms with Crippen molar-refractivity contribution in [1.29, 1.82) is 0 Å². The number of carbonyl (C=O) groups excluding carboxylic acids is 2. The third-order valence-corrected chi connectivity index (χ3v) is 5.88. The molecule has 0 aliphatic heterocycles. The van der Waals surface area contributed by atoms with Crippen LogP contribution < -0.4 is 5.32 Å². The Balaban J connectivity index is 0.000000523. The molecule has 0 unspecified atom stereocenters. The molecule has 2 saturated carbocycles. The zero-order valence-corrected chi connectivity index (χ0v) is 18.9. The minimum Gasteiger partial charge on any atom is -0.468 e. The second-order valence-electron chi connectivity index (χ2n) is 8.37. The maximum atomic E-state index is 13.9. The van der Waals surface area contributed by atoms with Gasteiger partial charge in [-0.2, -0.15) is 13.2 Å². The lowest BCUT2D eigenvalue weighted by atomic mass is 10.0. The van der Waals surface area contributed by atoms with E-state index in [1.165, 1.54) is 11.5 Å². The van der Waals surface area contributed by atoms with E-state index in [1.54, 1.807) is 31.2 Å². The maximum absolute atomic E-state index is 13.9. The Morgan fingerprint density at radius 1 is 1.28 bits per heavy atom. The largest absolute Gasteiger partial charge is 0.468 e. The molecule has 2 aliphatic carbocycles.